The van der Waals surface area contributed by atoms with Crippen molar-refractivity contribution in [1.29, 1.82) is 0 Å². The normalized spacial score (nSPS) is 17.4. The lowest BCUT2D eigenvalue weighted by atomic mass is 9.85. The molecule has 0 aromatic heterocycles. The zero-order valence-corrected chi connectivity index (χ0v) is 15.3. The van der Waals surface area contributed by atoms with Crippen molar-refractivity contribution in [2.45, 2.75) is 38.7 Å². The van der Waals surface area contributed by atoms with Gasteiger partial charge in [0.15, 0.2) is 5.60 Å². The van der Waals surface area contributed by atoms with Crippen molar-refractivity contribution in [1.82, 2.24) is 4.90 Å². The van der Waals surface area contributed by atoms with Crippen LogP contribution in [0.5, 0.6) is 0 Å². The molecule has 1 aliphatic heterocycles. The van der Waals surface area contributed by atoms with E-state index >= 15 is 0 Å². The summed E-state index contributed by atoms with van der Waals surface area (Å²) in [6.45, 7) is 7.07. The van der Waals surface area contributed by atoms with E-state index in [-0.39, 0.29) is 0 Å². The third-order valence-corrected chi connectivity index (χ3v) is 4.85. The molecule has 0 spiro atoms. The first-order valence-corrected chi connectivity index (χ1v) is 9.17. The van der Waals surface area contributed by atoms with E-state index in [2.05, 4.69) is 36.7 Å². The van der Waals surface area contributed by atoms with Crippen LogP contribution in [0.15, 0.2) is 48.5 Å². The molecule has 1 heterocycles. The Morgan fingerprint density at radius 1 is 0.920 bits per heavy atom. The average molecular weight is 333 g/mol. The van der Waals surface area contributed by atoms with Crippen LogP contribution in [0.3, 0.4) is 0 Å². The molecule has 1 N–H and O–H groups in total. The van der Waals surface area contributed by atoms with Crippen LogP contribution in [0, 0.1) is 25.7 Å². The molecular formula is C23H27NO. The van der Waals surface area contributed by atoms with E-state index in [9.17, 15) is 5.11 Å². The van der Waals surface area contributed by atoms with E-state index < -0.39 is 5.60 Å². The van der Waals surface area contributed by atoms with E-state index in [1.807, 2.05) is 42.5 Å². The van der Waals surface area contributed by atoms with Gasteiger partial charge in [-0.05, 0) is 39.8 Å². The van der Waals surface area contributed by atoms with E-state index in [0.29, 0.717) is 0 Å². The SMILES string of the molecule is Cc1cc(C)cc(C(O)(C#CCN2CCCCC2)c2ccccc2)c1. The van der Waals surface area contributed by atoms with Crippen molar-refractivity contribution < 1.29 is 5.11 Å². The van der Waals surface area contributed by atoms with Crippen LogP contribution in [0.2, 0.25) is 0 Å². The lowest BCUT2D eigenvalue weighted by Gasteiger charge is -2.26. The van der Waals surface area contributed by atoms with Gasteiger partial charge in [-0.15, -0.1) is 0 Å². The van der Waals surface area contributed by atoms with Gasteiger partial charge < -0.3 is 5.11 Å². The topological polar surface area (TPSA) is 23.5 Å². The Morgan fingerprint density at radius 2 is 1.56 bits per heavy atom. The predicted molar refractivity (Wildman–Crippen MR) is 103 cm³/mol. The molecule has 3 rings (SSSR count). The molecule has 130 valence electrons. The molecule has 2 heteroatoms. The van der Waals surface area contributed by atoms with Crippen LogP contribution in [0.4, 0.5) is 0 Å². The summed E-state index contributed by atoms with van der Waals surface area (Å²) in [5.41, 5.74) is 2.69. The van der Waals surface area contributed by atoms with Crippen LogP contribution in [-0.2, 0) is 5.60 Å². The van der Waals surface area contributed by atoms with E-state index in [0.717, 1.165) is 41.9 Å². The molecule has 1 unspecified atom stereocenters. The average Bonchev–Trinajstić information content (AvgIpc) is 2.62. The Kier molecular flexibility index (Phi) is 5.58. The molecule has 2 nitrogen and oxygen atoms in total. The summed E-state index contributed by atoms with van der Waals surface area (Å²) in [5, 5.41) is 11.5. The highest BCUT2D eigenvalue weighted by molar-refractivity contribution is 5.46. The summed E-state index contributed by atoms with van der Waals surface area (Å²) >= 11 is 0. The fraction of sp³-hybridized carbons (Fsp3) is 0.391. The zero-order valence-electron chi connectivity index (χ0n) is 15.3. The number of rotatable bonds is 3. The molecule has 0 bridgehead atoms. The Bertz CT molecular complexity index is 745. The minimum absolute atomic E-state index is 0.722. The molecule has 25 heavy (non-hydrogen) atoms. The molecule has 1 fully saturated rings. The predicted octanol–water partition coefficient (Wildman–Crippen LogP) is 4.03. The molecule has 0 aliphatic carbocycles. The van der Waals surface area contributed by atoms with Crippen LogP contribution in [0.1, 0.15) is 41.5 Å². The van der Waals surface area contributed by atoms with Crippen LogP contribution >= 0.6 is 0 Å². The molecule has 1 atom stereocenters. The third kappa shape index (κ3) is 4.31. The largest absolute Gasteiger partial charge is 0.369 e. The quantitative estimate of drug-likeness (QED) is 0.857. The first-order valence-electron chi connectivity index (χ1n) is 9.17. The van der Waals surface area contributed by atoms with Crippen LogP contribution < -0.4 is 0 Å². The van der Waals surface area contributed by atoms with Crippen LogP contribution in [-0.4, -0.2) is 29.6 Å². The number of aryl methyl sites for hydroxylation is 2. The summed E-state index contributed by atoms with van der Waals surface area (Å²) in [4.78, 5) is 2.38. The Labute approximate surface area is 151 Å². The summed E-state index contributed by atoms with van der Waals surface area (Å²) in [6.07, 6.45) is 3.82. The number of nitrogens with zero attached hydrogens (tertiary/aromatic N) is 1. The van der Waals surface area contributed by atoms with Crippen molar-refractivity contribution in [2.75, 3.05) is 19.6 Å². The number of hydrogen-bond donors (Lipinski definition) is 1. The Balaban J connectivity index is 1.95. The number of hydrogen-bond acceptors (Lipinski definition) is 2. The highest BCUT2D eigenvalue weighted by Gasteiger charge is 2.29. The molecular weight excluding hydrogens is 306 g/mol. The van der Waals surface area contributed by atoms with E-state index in [1.54, 1.807) is 0 Å². The maximum Gasteiger partial charge on any atom is 0.176 e. The summed E-state index contributed by atoms with van der Waals surface area (Å²) in [5.74, 6) is 6.45. The lowest BCUT2D eigenvalue weighted by molar-refractivity contribution is 0.144. The van der Waals surface area contributed by atoms with Crippen molar-refractivity contribution in [3.05, 3.63) is 70.8 Å². The fourth-order valence-corrected chi connectivity index (χ4v) is 3.57. The molecule has 2 aromatic carbocycles. The van der Waals surface area contributed by atoms with Gasteiger partial charge in [-0.2, -0.15) is 0 Å². The van der Waals surface area contributed by atoms with Crippen LogP contribution in [0.25, 0.3) is 0 Å². The Hall–Kier alpha value is -2.08. The Morgan fingerprint density at radius 3 is 2.20 bits per heavy atom. The lowest BCUT2D eigenvalue weighted by Crippen LogP contribution is -2.31. The van der Waals surface area contributed by atoms with Gasteiger partial charge in [0.1, 0.15) is 0 Å². The zero-order chi connectivity index (χ0) is 17.7. The second kappa shape index (κ2) is 7.87. The first-order chi connectivity index (χ1) is 12.1. The van der Waals surface area contributed by atoms with Gasteiger partial charge in [-0.3, -0.25) is 4.90 Å². The summed E-state index contributed by atoms with van der Waals surface area (Å²) < 4.78 is 0. The molecule has 2 aromatic rings. The fourth-order valence-electron chi connectivity index (χ4n) is 3.57. The maximum atomic E-state index is 11.5. The van der Waals surface area contributed by atoms with Gasteiger partial charge in [0.25, 0.3) is 0 Å². The van der Waals surface area contributed by atoms with Gasteiger partial charge in [-0.25, -0.2) is 0 Å². The number of likely N-dealkylation sites (tertiary alicyclic amines) is 1. The third-order valence-electron chi connectivity index (χ3n) is 4.85. The van der Waals surface area contributed by atoms with E-state index in [1.165, 1.54) is 19.3 Å². The summed E-state index contributed by atoms with van der Waals surface area (Å²) in [6, 6.07) is 16.0. The van der Waals surface area contributed by atoms with Gasteiger partial charge in [-0.1, -0.05) is 77.9 Å². The monoisotopic (exact) mass is 333 g/mol. The first kappa shape index (κ1) is 17.7. The molecule has 0 saturated carbocycles. The van der Waals surface area contributed by atoms with Gasteiger partial charge in [0, 0.05) is 11.1 Å². The van der Waals surface area contributed by atoms with Crippen molar-refractivity contribution in [2.24, 2.45) is 0 Å². The number of piperidine rings is 1. The molecule has 1 aliphatic rings. The highest BCUT2D eigenvalue weighted by atomic mass is 16.3. The van der Waals surface area contributed by atoms with Gasteiger partial charge >= 0.3 is 0 Å². The molecule has 0 amide bonds. The van der Waals surface area contributed by atoms with Crippen molar-refractivity contribution in [3.8, 4) is 11.8 Å². The number of aliphatic hydroxyl groups is 1. The minimum Gasteiger partial charge on any atom is -0.369 e. The van der Waals surface area contributed by atoms with Gasteiger partial charge in [0.2, 0.25) is 0 Å². The molecule has 0 radical (unpaired) electrons. The second-order valence-corrected chi connectivity index (χ2v) is 7.09. The van der Waals surface area contributed by atoms with Crippen molar-refractivity contribution in [3.63, 3.8) is 0 Å². The minimum atomic E-state index is -1.27. The van der Waals surface area contributed by atoms with E-state index in [4.69, 9.17) is 0 Å². The number of benzene rings is 2. The van der Waals surface area contributed by atoms with Gasteiger partial charge in [0.05, 0.1) is 6.54 Å². The standard InChI is InChI=1S/C23H27NO/c1-19-16-20(2)18-22(17-19)23(25,21-10-5-3-6-11-21)12-9-15-24-13-7-4-8-14-24/h3,5-6,10-11,16-18,25H,4,7-8,13-15H2,1-2H3. The maximum absolute atomic E-state index is 11.5. The molecule has 1 saturated heterocycles. The highest BCUT2D eigenvalue weighted by Crippen LogP contribution is 2.30. The van der Waals surface area contributed by atoms with Crippen molar-refractivity contribution >= 4 is 0 Å². The second-order valence-electron chi connectivity index (χ2n) is 7.09. The summed E-state index contributed by atoms with van der Waals surface area (Å²) in [7, 11) is 0. The smallest absolute Gasteiger partial charge is 0.176 e.